The van der Waals surface area contributed by atoms with Gasteiger partial charge in [-0.05, 0) is 105 Å². The Hall–Kier alpha value is -1.55. The van der Waals surface area contributed by atoms with Crippen LogP contribution in [0.1, 0.15) is 62.5 Å². The van der Waals surface area contributed by atoms with Crippen LogP contribution >= 0.6 is 0 Å². The lowest BCUT2D eigenvalue weighted by Gasteiger charge is -2.62. The summed E-state index contributed by atoms with van der Waals surface area (Å²) in [6.07, 6.45) is 9.00. The molecular weight excluding hydrogens is 336 g/mol. The van der Waals surface area contributed by atoms with E-state index >= 15 is 0 Å². The summed E-state index contributed by atoms with van der Waals surface area (Å²) in [6, 6.07) is 6.59. The van der Waals surface area contributed by atoms with Crippen LogP contribution in [-0.2, 0) is 10.2 Å². The Balaban J connectivity index is 1.62. The van der Waals surface area contributed by atoms with E-state index in [-0.39, 0.29) is 16.7 Å². The first-order valence-corrected chi connectivity index (χ1v) is 10.6. The predicted octanol–water partition coefficient (Wildman–Crippen LogP) is 3.70. The van der Waals surface area contributed by atoms with E-state index in [2.05, 4.69) is 30.4 Å². The zero-order chi connectivity index (χ0) is 19.1. The molecule has 4 heteroatoms. The van der Waals surface area contributed by atoms with Crippen LogP contribution in [0, 0.1) is 24.2 Å². The largest absolute Gasteiger partial charge is 0.493 e. The molecule has 3 N–H and O–H groups in total. The fourth-order valence-corrected chi connectivity index (χ4v) is 7.12. The third-order valence-corrected chi connectivity index (χ3v) is 7.42. The number of nitrogens with one attached hydrogen (secondary N) is 1. The molecule has 0 spiro atoms. The van der Waals surface area contributed by atoms with Crippen molar-refractivity contribution in [1.82, 2.24) is 5.32 Å². The van der Waals surface area contributed by atoms with Crippen molar-refractivity contribution in [2.24, 2.45) is 23.0 Å². The van der Waals surface area contributed by atoms with Crippen LogP contribution in [-0.4, -0.2) is 26.1 Å². The van der Waals surface area contributed by atoms with E-state index in [1.807, 2.05) is 7.05 Å². The Labute approximate surface area is 163 Å². The zero-order valence-electron chi connectivity index (χ0n) is 16.9. The molecule has 2 atom stereocenters. The molecular formula is C23H34N2O2. The molecule has 27 heavy (non-hydrogen) atoms. The molecule has 2 unspecified atom stereocenters. The number of amides is 1. The quantitative estimate of drug-likeness (QED) is 0.686. The van der Waals surface area contributed by atoms with Crippen molar-refractivity contribution in [3.63, 3.8) is 0 Å². The number of hydrogen-bond donors (Lipinski definition) is 2. The van der Waals surface area contributed by atoms with Crippen LogP contribution in [0.25, 0.3) is 0 Å². The van der Waals surface area contributed by atoms with E-state index in [1.54, 1.807) is 0 Å². The number of primary amides is 1. The Bertz CT molecular complexity index is 700. The average molecular weight is 371 g/mol. The number of benzene rings is 1. The highest BCUT2D eigenvalue weighted by molar-refractivity contribution is 5.74. The van der Waals surface area contributed by atoms with Gasteiger partial charge < -0.3 is 15.8 Å². The van der Waals surface area contributed by atoms with E-state index in [0.29, 0.717) is 6.42 Å². The molecule has 4 aliphatic carbocycles. The number of carbonyl (C=O) groups is 1. The van der Waals surface area contributed by atoms with Crippen LogP contribution in [0.5, 0.6) is 5.75 Å². The summed E-state index contributed by atoms with van der Waals surface area (Å²) in [5, 5.41) is 3.17. The van der Waals surface area contributed by atoms with Gasteiger partial charge >= 0.3 is 0 Å². The minimum absolute atomic E-state index is 0.120. The lowest BCUT2D eigenvalue weighted by molar-refractivity contribution is -0.128. The molecule has 4 bridgehead atoms. The third kappa shape index (κ3) is 3.49. The number of carbonyl (C=O) groups excluding carboxylic acids is 1. The van der Waals surface area contributed by atoms with Crippen molar-refractivity contribution >= 4 is 5.91 Å². The molecule has 1 aromatic carbocycles. The smallest absolute Gasteiger partial charge is 0.217 e. The van der Waals surface area contributed by atoms with Gasteiger partial charge in [0.15, 0.2) is 0 Å². The number of hydrogen-bond acceptors (Lipinski definition) is 3. The minimum atomic E-state index is -0.120. The summed E-state index contributed by atoms with van der Waals surface area (Å²) in [6.45, 7) is 3.94. The summed E-state index contributed by atoms with van der Waals surface area (Å²) >= 11 is 0. The Kier molecular flexibility index (Phi) is 4.96. The standard InChI is InChI=1S/C23H34N2O2/c1-16-19(5-3-6-20(16)27-8-4-7-25-2)23-12-17-9-18(13-23)11-22(10-17,15-23)14-21(24)26/h3,5-6,17-18,25H,4,7-15H2,1-2H3,(H2,24,26). The van der Waals surface area contributed by atoms with Gasteiger partial charge in [0.2, 0.25) is 5.91 Å². The van der Waals surface area contributed by atoms with Gasteiger partial charge in [0.25, 0.3) is 0 Å². The second kappa shape index (κ2) is 7.12. The molecule has 0 heterocycles. The molecule has 1 amide bonds. The third-order valence-electron chi connectivity index (χ3n) is 7.42. The molecule has 0 aromatic heterocycles. The summed E-state index contributed by atoms with van der Waals surface area (Å²) < 4.78 is 6.12. The summed E-state index contributed by atoms with van der Waals surface area (Å²) in [4.78, 5) is 11.8. The van der Waals surface area contributed by atoms with E-state index in [4.69, 9.17) is 10.5 Å². The van der Waals surface area contributed by atoms with Gasteiger partial charge in [0.1, 0.15) is 5.75 Å². The highest BCUT2D eigenvalue weighted by Crippen LogP contribution is 2.67. The summed E-state index contributed by atoms with van der Waals surface area (Å²) in [7, 11) is 1.97. The van der Waals surface area contributed by atoms with Crippen molar-refractivity contribution in [1.29, 1.82) is 0 Å². The van der Waals surface area contributed by atoms with Gasteiger partial charge in [0, 0.05) is 6.42 Å². The molecule has 148 valence electrons. The van der Waals surface area contributed by atoms with E-state index in [0.717, 1.165) is 43.6 Å². The van der Waals surface area contributed by atoms with Crippen molar-refractivity contribution < 1.29 is 9.53 Å². The molecule has 4 nitrogen and oxygen atoms in total. The molecule has 4 aliphatic rings. The second-order valence-electron chi connectivity index (χ2n) is 9.62. The van der Waals surface area contributed by atoms with Crippen LogP contribution in [0.3, 0.4) is 0 Å². The van der Waals surface area contributed by atoms with Gasteiger partial charge in [-0.25, -0.2) is 0 Å². The monoisotopic (exact) mass is 370 g/mol. The summed E-state index contributed by atoms with van der Waals surface area (Å²) in [5.74, 6) is 2.42. The highest BCUT2D eigenvalue weighted by Gasteiger charge is 2.58. The van der Waals surface area contributed by atoms with Crippen LogP contribution in [0.2, 0.25) is 0 Å². The van der Waals surface area contributed by atoms with Gasteiger partial charge in [0.05, 0.1) is 6.61 Å². The maximum Gasteiger partial charge on any atom is 0.217 e. The maximum atomic E-state index is 11.8. The van der Waals surface area contributed by atoms with E-state index in [9.17, 15) is 4.79 Å². The normalized spacial score (nSPS) is 34.0. The first kappa shape index (κ1) is 18.8. The maximum absolute atomic E-state index is 11.8. The number of rotatable bonds is 8. The van der Waals surface area contributed by atoms with Gasteiger partial charge in [-0.3, -0.25) is 4.79 Å². The topological polar surface area (TPSA) is 64.3 Å². The van der Waals surface area contributed by atoms with Crippen molar-refractivity contribution in [3.05, 3.63) is 29.3 Å². The van der Waals surface area contributed by atoms with Crippen LogP contribution < -0.4 is 15.8 Å². The number of nitrogens with two attached hydrogens (primary N) is 1. The molecule has 4 fully saturated rings. The number of ether oxygens (including phenoxy) is 1. The highest BCUT2D eigenvalue weighted by atomic mass is 16.5. The lowest BCUT2D eigenvalue weighted by atomic mass is 9.42. The van der Waals surface area contributed by atoms with E-state index < -0.39 is 0 Å². The fraction of sp³-hybridized carbons (Fsp3) is 0.696. The van der Waals surface area contributed by atoms with Crippen molar-refractivity contribution in [3.8, 4) is 5.75 Å². The second-order valence-corrected chi connectivity index (χ2v) is 9.62. The first-order valence-electron chi connectivity index (χ1n) is 10.6. The minimum Gasteiger partial charge on any atom is -0.493 e. The predicted molar refractivity (Wildman–Crippen MR) is 108 cm³/mol. The van der Waals surface area contributed by atoms with Gasteiger partial charge in [-0.1, -0.05) is 12.1 Å². The van der Waals surface area contributed by atoms with Crippen molar-refractivity contribution in [2.45, 2.75) is 63.7 Å². The zero-order valence-corrected chi connectivity index (χ0v) is 16.9. The lowest BCUT2D eigenvalue weighted by Crippen LogP contribution is -2.55. The Morgan fingerprint density at radius 2 is 2.00 bits per heavy atom. The molecule has 1 aromatic rings. The molecule has 0 radical (unpaired) electrons. The van der Waals surface area contributed by atoms with Gasteiger partial charge in [-0.2, -0.15) is 0 Å². The average Bonchev–Trinajstić information content (AvgIpc) is 2.57. The van der Waals surface area contributed by atoms with Crippen molar-refractivity contribution in [2.75, 3.05) is 20.2 Å². The Morgan fingerprint density at radius 1 is 1.26 bits per heavy atom. The first-order chi connectivity index (χ1) is 13.0. The SMILES string of the molecule is CNCCCOc1cccc(C23CC4CC(CC(CC(N)=O)(C4)C2)C3)c1C. The van der Waals surface area contributed by atoms with E-state index in [1.165, 1.54) is 43.2 Å². The molecule has 0 saturated heterocycles. The summed E-state index contributed by atoms with van der Waals surface area (Å²) in [5.41, 5.74) is 8.80. The molecule has 4 saturated carbocycles. The molecule has 0 aliphatic heterocycles. The fourth-order valence-electron chi connectivity index (χ4n) is 7.12. The van der Waals surface area contributed by atoms with Gasteiger partial charge in [-0.15, -0.1) is 0 Å². The Morgan fingerprint density at radius 3 is 2.67 bits per heavy atom. The van der Waals surface area contributed by atoms with Crippen LogP contribution in [0.15, 0.2) is 18.2 Å². The van der Waals surface area contributed by atoms with Crippen LogP contribution in [0.4, 0.5) is 0 Å². The molecule has 5 rings (SSSR count).